The highest BCUT2D eigenvalue weighted by atomic mass is 79.9. The summed E-state index contributed by atoms with van der Waals surface area (Å²) in [5.74, 6) is -0.358. The van der Waals surface area contributed by atoms with Gasteiger partial charge in [0.1, 0.15) is 0 Å². The summed E-state index contributed by atoms with van der Waals surface area (Å²) in [5, 5.41) is -0.00638. The average molecular weight is 343 g/mol. The van der Waals surface area contributed by atoms with Crippen molar-refractivity contribution in [3.8, 4) is 0 Å². The van der Waals surface area contributed by atoms with E-state index in [1.54, 1.807) is 0 Å². The topological polar surface area (TPSA) is 20.3 Å². The molecule has 1 saturated heterocycles. The molecule has 0 aromatic heterocycles. The second-order valence-corrected chi connectivity index (χ2v) is 5.45. The molecular weight excluding hydrogens is 334 g/mol. The molecule has 0 saturated carbocycles. The SMILES string of the molecule is O=C1C(Br)CCN1c1ccc(Cl)cc1C(F)(F)F. The van der Waals surface area contributed by atoms with Gasteiger partial charge in [0.15, 0.2) is 0 Å². The minimum absolute atomic E-state index is 0.00638. The van der Waals surface area contributed by atoms with Crippen molar-refractivity contribution >= 4 is 39.1 Å². The zero-order valence-corrected chi connectivity index (χ0v) is 11.3. The lowest BCUT2D eigenvalue weighted by Crippen LogP contribution is -2.29. The Labute approximate surface area is 115 Å². The van der Waals surface area contributed by atoms with E-state index in [0.29, 0.717) is 6.42 Å². The van der Waals surface area contributed by atoms with Crippen molar-refractivity contribution in [2.24, 2.45) is 0 Å². The van der Waals surface area contributed by atoms with Crippen LogP contribution in [0.1, 0.15) is 12.0 Å². The third-order valence-corrected chi connectivity index (χ3v) is 3.78. The van der Waals surface area contributed by atoms with Crippen LogP contribution < -0.4 is 4.90 Å². The molecule has 1 amide bonds. The normalized spacial score (nSPS) is 20.6. The first-order chi connectivity index (χ1) is 8.30. The van der Waals surface area contributed by atoms with Gasteiger partial charge in [0.05, 0.1) is 16.1 Å². The minimum atomic E-state index is -4.54. The smallest absolute Gasteiger partial charge is 0.311 e. The molecule has 18 heavy (non-hydrogen) atoms. The van der Waals surface area contributed by atoms with Gasteiger partial charge in [0.2, 0.25) is 5.91 Å². The highest BCUT2D eigenvalue weighted by Gasteiger charge is 2.39. The first-order valence-corrected chi connectivity index (χ1v) is 6.42. The first kappa shape index (κ1) is 13.7. The summed E-state index contributed by atoms with van der Waals surface area (Å²) in [5.41, 5.74) is -1.02. The maximum atomic E-state index is 12.9. The van der Waals surface area contributed by atoms with E-state index in [-0.39, 0.29) is 23.2 Å². The molecule has 1 unspecified atom stereocenters. The summed E-state index contributed by atoms with van der Waals surface area (Å²) in [6, 6.07) is 3.42. The van der Waals surface area contributed by atoms with Crippen molar-refractivity contribution in [3.63, 3.8) is 0 Å². The predicted molar refractivity (Wildman–Crippen MR) is 66.1 cm³/mol. The molecule has 1 fully saturated rings. The van der Waals surface area contributed by atoms with E-state index in [4.69, 9.17) is 11.6 Å². The van der Waals surface area contributed by atoms with Crippen LogP contribution in [-0.4, -0.2) is 17.3 Å². The van der Waals surface area contributed by atoms with Crippen molar-refractivity contribution in [2.75, 3.05) is 11.4 Å². The van der Waals surface area contributed by atoms with Crippen LogP contribution in [0.5, 0.6) is 0 Å². The highest BCUT2D eigenvalue weighted by molar-refractivity contribution is 9.10. The Morgan fingerprint density at radius 3 is 2.56 bits per heavy atom. The molecule has 2 rings (SSSR count). The fourth-order valence-corrected chi connectivity index (χ4v) is 2.48. The van der Waals surface area contributed by atoms with Crippen molar-refractivity contribution in [1.29, 1.82) is 0 Å². The van der Waals surface area contributed by atoms with E-state index < -0.39 is 16.6 Å². The Hall–Kier alpha value is -0.750. The lowest BCUT2D eigenvalue weighted by Gasteiger charge is -2.21. The van der Waals surface area contributed by atoms with Crippen LogP contribution >= 0.6 is 27.5 Å². The molecule has 1 aliphatic rings. The molecule has 1 aliphatic heterocycles. The van der Waals surface area contributed by atoms with Gasteiger partial charge < -0.3 is 4.90 Å². The van der Waals surface area contributed by atoms with E-state index in [9.17, 15) is 18.0 Å². The maximum Gasteiger partial charge on any atom is 0.418 e. The highest BCUT2D eigenvalue weighted by Crippen LogP contribution is 2.39. The third kappa shape index (κ3) is 2.49. The molecule has 1 heterocycles. The van der Waals surface area contributed by atoms with Crippen LogP contribution in [0.3, 0.4) is 0 Å². The largest absolute Gasteiger partial charge is 0.418 e. The van der Waals surface area contributed by atoms with Crippen LogP contribution in [0, 0.1) is 0 Å². The van der Waals surface area contributed by atoms with Gasteiger partial charge in [-0.1, -0.05) is 27.5 Å². The van der Waals surface area contributed by atoms with Crippen LogP contribution in [-0.2, 0) is 11.0 Å². The second kappa shape index (κ2) is 4.74. The van der Waals surface area contributed by atoms with Crippen LogP contribution in [0.15, 0.2) is 18.2 Å². The summed E-state index contributed by atoms with van der Waals surface area (Å²) in [7, 11) is 0. The summed E-state index contributed by atoms with van der Waals surface area (Å²) >= 11 is 8.71. The number of hydrogen-bond donors (Lipinski definition) is 0. The molecule has 0 spiro atoms. The molecule has 0 aliphatic carbocycles. The Kier molecular flexibility index (Phi) is 3.60. The molecule has 0 N–H and O–H groups in total. The van der Waals surface area contributed by atoms with Gasteiger partial charge in [-0.3, -0.25) is 4.79 Å². The predicted octanol–water partition coefficient (Wildman–Crippen LogP) is 3.86. The van der Waals surface area contributed by atoms with E-state index in [0.717, 1.165) is 11.0 Å². The Morgan fingerprint density at radius 2 is 2.06 bits per heavy atom. The number of anilines is 1. The second-order valence-electron chi connectivity index (χ2n) is 3.91. The molecule has 0 radical (unpaired) electrons. The number of amides is 1. The van der Waals surface area contributed by atoms with Crippen molar-refractivity contribution in [3.05, 3.63) is 28.8 Å². The number of carbonyl (C=O) groups is 1. The van der Waals surface area contributed by atoms with Crippen molar-refractivity contribution in [1.82, 2.24) is 0 Å². The van der Waals surface area contributed by atoms with Crippen molar-refractivity contribution in [2.45, 2.75) is 17.4 Å². The van der Waals surface area contributed by atoms with Crippen LogP contribution in [0.2, 0.25) is 5.02 Å². The molecule has 1 atom stereocenters. The number of halogens is 5. The number of nitrogens with zero attached hydrogens (tertiary/aromatic N) is 1. The summed E-state index contributed by atoms with van der Waals surface area (Å²) in [6.07, 6.45) is -4.05. The van der Waals surface area contributed by atoms with Gasteiger partial charge in [-0.05, 0) is 24.6 Å². The van der Waals surface area contributed by atoms with Gasteiger partial charge >= 0.3 is 6.18 Å². The molecule has 1 aromatic carbocycles. The number of alkyl halides is 4. The molecule has 0 bridgehead atoms. The minimum Gasteiger partial charge on any atom is -0.311 e. The third-order valence-electron chi connectivity index (χ3n) is 2.69. The zero-order valence-electron chi connectivity index (χ0n) is 8.97. The van der Waals surface area contributed by atoms with E-state index in [1.807, 2.05) is 0 Å². The molecule has 1 aromatic rings. The van der Waals surface area contributed by atoms with Crippen LogP contribution in [0.25, 0.3) is 0 Å². The zero-order chi connectivity index (χ0) is 13.5. The molecule has 98 valence electrons. The lowest BCUT2D eigenvalue weighted by molar-refractivity contribution is -0.137. The van der Waals surface area contributed by atoms with E-state index in [2.05, 4.69) is 15.9 Å². The fourth-order valence-electron chi connectivity index (χ4n) is 1.86. The monoisotopic (exact) mass is 341 g/mol. The Bertz CT molecular complexity index is 492. The fraction of sp³-hybridized carbons (Fsp3) is 0.364. The van der Waals surface area contributed by atoms with Gasteiger partial charge in [-0.25, -0.2) is 0 Å². The van der Waals surface area contributed by atoms with E-state index >= 15 is 0 Å². The lowest BCUT2D eigenvalue weighted by atomic mass is 10.1. The first-order valence-electron chi connectivity index (χ1n) is 5.13. The number of benzene rings is 1. The number of rotatable bonds is 1. The molecular formula is C11H8BrClF3NO. The average Bonchev–Trinajstić information content (AvgIpc) is 2.59. The van der Waals surface area contributed by atoms with Gasteiger partial charge in [-0.15, -0.1) is 0 Å². The quantitative estimate of drug-likeness (QED) is 0.710. The summed E-state index contributed by atoms with van der Waals surface area (Å²) < 4.78 is 38.7. The molecule has 2 nitrogen and oxygen atoms in total. The van der Waals surface area contributed by atoms with Gasteiger partial charge in [0.25, 0.3) is 0 Å². The molecule has 7 heteroatoms. The Balaban J connectivity index is 2.48. The standard InChI is InChI=1S/C11H8BrClF3NO/c12-8-3-4-17(10(8)18)9-2-1-6(13)5-7(9)11(14,15)16/h1-2,5,8H,3-4H2. The van der Waals surface area contributed by atoms with Crippen molar-refractivity contribution < 1.29 is 18.0 Å². The summed E-state index contributed by atoms with van der Waals surface area (Å²) in [6.45, 7) is 0.263. The van der Waals surface area contributed by atoms with Gasteiger partial charge in [-0.2, -0.15) is 13.2 Å². The Morgan fingerprint density at radius 1 is 1.39 bits per heavy atom. The maximum absolute atomic E-state index is 12.9. The van der Waals surface area contributed by atoms with Crippen LogP contribution in [0.4, 0.5) is 18.9 Å². The number of hydrogen-bond acceptors (Lipinski definition) is 1. The van der Waals surface area contributed by atoms with Gasteiger partial charge in [0, 0.05) is 11.6 Å². The number of carbonyl (C=O) groups excluding carboxylic acids is 1. The summed E-state index contributed by atoms with van der Waals surface area (Å²) in [4.78, 5) is 12.5. The van der Waals surface area contributed by atoms with E-state index in [1.165, 1.54) is 12.1 Å².